The van der Waals surface area contributed by atoms with Crippen LogP contribution in [0.1, 0.15) is 5.56 Å². The average molecular weight is 290 g/mol. The highest BCUT2D eigenvalue weighted by Crippen LogP contribution is 2.37. The van der Waals surface area contributed by atoms with Gasteiger partial charge in [0.1, 0.15) is 5.82 Å². The van der Waals surface area contributed by atoms with Crippen LogP contribution in [0.2, 0.25) is 5.02 Å². The van der Waals surface area contributed by atoms with Crippen molar-refractivity contribution < 1.29 is 17.6 Å². The predicted molar refractivity (Wildman–Crippen MR) is 66.3 cm³/mol. The summed E-state index contributed by atoms with van der Waals surface area (Å²) >= 11 is 5.88. The van der Waals surface area contributed by atoms with Crippen molar-refractivity contribution in [3.05, 3.63) is 52.8 Å². The maximum Gasteiger partial charge on any atom is 0.418 e. The Kier molecular flexibility index (Phi) is 3.41. The van der Waals surface area contributed by atoms with Gasteiger partial charge in [-0.05, 0) is 35.9 Å². The summed E-state index contributed by atoms with van der Waals surface area (Å²) in [5.74, 6) is -0.530. The summed E-state index contributed by atoms with van der Waals surface area (Å²) in [6.45, 7) is 0. The Balaban J connectivity index is 2.54. The second kappa shape index (κ2) is 4.74. The molecule has 0 fully saturated rings. The maximum absolute atomic E-state index is 13.1. The molecule has 19 heavy (non-hydrogen) atoms. The van der Waals surface area contributed by atoms with E-state index >= 15 is 0 Å². The number of anilines is 1. The van der Waals surface area contributed by atoms with Crippen LogP contribution < -0.4 is 5.73 Å². The molecule has 0 aliphatic heterocycles. The zero-order chi connectivity index (χ0) is 14.2. The normalized spacial score (nSPS) is 11.6. The van der Waals surface area contributed by atoms with Crippen molar-refractivity contribution in [1.29, 1.82) is 0 Å². The number of nitrogens with two attached hydrogens (primary N) is 1. The summed E-state index contributed by atoms with van der Waals surface area (Å²) in [5, 5.41) is 0.237. The zero-order valence-corrected chi connectivity index (χ0v) is 10.2. The van der Waals surface area contributed by atoms with Crippen molar-refractivity contribution in [1.82, 2.24) is 0 Å². The highest BCUT2D eigenvalue weighted by atomic mass is 35.5. The van der Waals surface area contributed by atoms with Gasteiger partial charge in [0.05, 0.1) is 5.56 Å². The van der Waals surface area contributed by atoms with Gasteiger partial charge in [0.25, 0.3) is 0 Å². The lowest BCUT2D eigenvalue weighted by atomic mass is 10.0. The summed E-state index contributed by atoms with van der Waals surface area (Å²) in [7, 11) is 0. The van der Waals surface area contributed by atoms with Crippen LogP contribution in [-0.2, 0) is 6.18 Å². The molecular weight excluding hydrogens is 282 g/mol. The monoisotopic (exact) mass is 289 g/mol. The standard InChI is InChI=1S/C13H8ClF4N/c14-11-4-2-8(15)6-9(11)7-1-3-10(12(19)5-7)13(16,17)18/h1-6H,19H2. The third-order valence-electron chi connectivity index (χ3n) is 2.60. The molecule has 6 heteroatoms. The van der Waals surface area contributed by atoms with Gasteiger partial charge >= 0.3 is 6.18 Å². The molecule has 2 rings (SSSR count). The first kappa shape index (κ1) is 13.7. The van der Waals surface area contributed by atoms with Crippen molar-refractivity contribution in [2.75, 3.05) is 5.73 Å². The smallest absolute Gasteiger partial charge is 0.398 e. The lowest BCUT2D eigenvalue weighted by Gasteiger charge is -2.12. The predicted octanol–water partition coefficient (Wildman–Crippen LogP) is 4.75. The number of benzene rings is 2. The molecule has 0 amide bonds. The van der Waals surface area contributed by atoms with Gasteiger partial charge in [0, 0.05) is 16.3 Å². The molecule has 1 nitrogen and oxygen atoms in total. The van der Waals surface area contributed by atoms with Crippen molar-refractivity contribution in [3.8, 4) is 11.1 Å². The fraction of sp³-hybridized carbons (Fsp3) is 0.0769. The van der Waals surface area contributed by atoms with Crippen LogP contribution in [0.25, 0.3) is 11.1 Å². The zero-order valence-electron chi connectivity index (χ0n) is 9.43. The Morgan fingerprint density at radius 2 is 1.68 bits per heavy atom. The third-order valence-corrected chi connectivity index (χ3v) is 2.93. The van der Waals surface area contributed by atoms with Crippen LogP contribution in [0.3, 0.4) is 0 Å². The topological polar surface area (TPSA) is 26.0 Å². The first-order valence-electron chi connectivity index (χ1n) is 5.21. The number of rotatable bonds is 1. The van der Waals surface area contributed by atoms with Crippen LogP contribution in [0.4, 0.5) is 23.2 Å². The van der Waals surface area contributed by atoms with E-state index in [-0.39, 0.29) is 5.02 Å². The molecule has 0 radical (unpaired) electrons. The molecule has 2 N–H and O–H groups in total. The molecule has 0 bridgehead atoms. The molecule has 2 aromatic carbocycles. The van der Waals surface area contributed by atoms with Gasteiger partial charge in [-0.2, -0.15) is 13.2 Å². The Morgan fingerprint density at radius 1 is 1.00 bits per heavy atom. The molecule has 0 atom stereocenters. The minimum atomic E-state index is -4.52. The summed E-state index contributed by atoms with van der Waals surface area (Å²) in [6, 6.07) is 6.83. The Morgan fingerprint density at radius 3 is 2.26 bits per heavy atom. The van der Waals surface area contributed by atoms with Crippen molar-refractivity contribution in [2.24, 2.45) is 0 Å². The molecule has 100 valence electrons. The van der Waals surface area contributed by atoms with E-state index < -0.39 is 23.2 Å². The van der Waals surface area contributed by atoms with Gasteiger partial charge in [-0.1, -0.05) is 17.7 Å². The van der Waals surface area contributed by atoms with E-state index in [1.54, 1.807) is 0 Å². The van der Waals surface area contributed by atoms with E-state index in [0.29, 0.717) is 11.1 Å². The van der Waals surface area contributed by atoms with Crippen LogP contribution >= 0.6 is 11.6 Å². The largest absolute Gasteiger partial charge is 0.418 e. The van der Waals surface area contributed by atoms with Gasteiger partial charge < -0.3 is 5.73 Å². The second-order valence-corrected chi connectivity index (χ2v) is 4.33. The highest BCUT2D eigenvalue weighted by molar-refractivity contribution is 6.33. The molecule has 0 spiro atoms. The van der Waals surface area contributed by atoms with Gasteiger partial charge in [-0.25, -0.2) is 4.39 Å². The molecule has 0 heterocycles. The highest BCUT2D eigenvalue weighted by Gasteiger charge is 2.32. The molecule has 0 saturated heterocycles. The molecule has 0 aliphatic rings. The fourth-order valence-corrected chi connectivity index (χ4v) is 1.93. The van der Waals surface area contributed by atoms with E-state index in [4.69, 9.17) is 17.3 Å². The average Bonchev–Trinajstić information content (AvgIpc) is 2.30. The first-order chi connectivity index (χ1) is 8.79. The minimum Gasteiger partial charge on any atom is -0.398 e. The Hall–Kier alpha value is -1.75. The first-order valence-corrected chi connectivity index (χ1v) is 5.59. The third kappa shape index (κ3) is 2.81. The molecule has 0 aliphatic carbocycles. The van der Waals surface area contributed by atoms with Crippen LogP contribution in [-0.4, -0.2) is 0 Å². The molecule has 2 aromatic rings. The SMILES string of the molecule is Nc1cc(-c2cc(F)ccc2Cl)ccc1C(F)(F)F. The number of halogens is 5. The van der Waals surface area contributed by atoms with Gasteiger partial charge in [0.15, 0.2) is 0 Å². The summed E-state index contributed by atoms with van der Waals surface area (Å²) in [6.07, 6.45) is -4.52. The lowest BCUT2D eigenvalue weighted by molar-refractivity contribution is -0.136. The van der Waals surface area contributed by atoms with Gasteiger partial charge in [0.2, 0.25) is 0 Å². The van der Waals surface area contributed by atoms with Crippen molar-refractivity contribution >= 4 is 17.3 Å². The molecule has 0 unspecified atom stereocenters. The van der Waals surface area contributed by atoms with Crippen LogP contribution in [0.15, 0.2) is 36.4 Å². The van der Waals surface area contributed by atoms with E-state index in [2.05, 4.69) is 0 Å². The van der Waals surface area contributed by atoms with E-state index in [1.807, 2.05) is 0 Å². The molecule has 0 saturated carbocycles. The van der Waals surface area contributed by atoms with Crippen LogP contribution in [0.5, 0.6) is 0 Å². The molecule has 0 aromatic heterocycles. The van der Waals surface area contributed by atoms with E-state index in [9.17, 15) is 17.6 Å². The summed E-state index contributed by atoms with van der Waals surface area (Å²) in [5.41, 5.74) is 4.65. The quantitative estimate of drug-likeness (QED) is 0.595. The summed E-state index contributed by atoms with van der Waals surface area (Å²) < 4.78 is 50.8. The number of hydrogen-bond donors (Lipinski definition) is 1. The number of hydrogen-bond acceptors (Lipinski definition) is 1. The van der Waals surface area contributed by atoms with Crippen molar-refractivity contribution in [3.63, 3.8) is 0 Å². The van der Waals surface area contributed by atoms with Gasteiger partial charge in [-0.3, -0.25) is 0 Å². The fourth-order valence-electron chi connectivity index (χ4n) is 1.71. The lowest BCUT2D eigenvalue weighted by Crippen LogP contribution is -2.08. The Labute approximate surface area is 111 Å². The number of alkyl halides is 3. The van der Waals surface area contributed by atoms with Crippen molar-refractivity contribution in [2.45, 2.75) is 6.18 Å². The maximum atomic E-state index is 13.1. The second-order valence-electron chi connectivity index (χ2n) is 3.92. The minimum absolute atomic E-state index is 0.237. The van der Waals surface area contributed by atoms with E-state index in [0.717, 1.165) is 18.2 Å². The Bertz CT molecular complexity index is 623. The summed E-state index contributed by atoms with van der Waals surface area (Å²) in [4.78, 5) is 0. The van der Waals surface area contributed by atoms with Crippen LogP contribution in [0, 0.1) is 5.82 Å². The number of nitrogen functional groups attached to an aromatic ring is 1. The molecular formula is C13H8ClF4N. The van der Waals surface area contributed by atoms with E-state index in [1.165, 1.54) is 18.2 Å². The van der Waals surface area contributed by atoms with Gasteiger partial charge in [-0.15, -0.1) is 0 Å².